The van der Waals surface area contributed by atoms with E-state index < -0.39 is 15.1 Å². The molecule has 6 heteroatoms. The Bertz CT molecular complexity index is 473. The van der Waals surface area contributed by atoms with Gasteiger partial charge in [-0.1, -0.05) is 129 Å². The molecular formula is C25H50FLiO3S. The third-order valence-corrected chi connectivity index (χ3v) is 7.56. The summed E-state index contributed by atoms with van der Waals surface area (Å²) < 4.78 is 49.0. The summed E-state index contributed by atoms with van der Waals surface area (Å²) in [7, 11) is -4.89. The van der Waals surface area contributed by atoms with E-state index in [1.54, 1.807) is 0 Å². The van der Waals surface area contributed by atoms with Crippen LogP contribution in [0.1, 0.15) is 155 Å². The van der Waals surface area contributed by atoms with Crippen molar-refractivity contribution in [3.05, 3.63) is 0 Å². The Morgan fingerprint density at radius 3 is 1.00 bits per heavy atom. The molecule has 0 N–H and O–H groups in total. The number of rotatable bonds is 23. The van der Waals surface area contributed by atoms with Gasteiger partial charge in [-0.2, -0.15) is 0 Å². The molecule has 182 valence electrons. The van der Waals surface area contributed by atoms with Crippen LogP contribution < -0.4 is 18.9 Å². The van der Waals surface area contributed by atoms with Gasteiger partial charge in [-0.25, -0.2) is 12.8 Å². The van der Waals surface area contributed by atoms with Crippen molar-refractivity contribution in [2.24, 2.45) is 0 Å². The Balaban J connectivity index is 0. The number of hydrogen-bond acceptors (Lipinski definition) is 3. The zero-order valence-corrected chi connectivity index (χ0v) is 21.9. The molecule has 0 rings (SSSR count). The van der Waals surface area contributed by atoms with Crippen LogP contribution in [0.2, 0.25) is 0 Å². The zero-order chi connectivity index (χ0) is 22.6. The minimum Gasteiger partial charge on any atom is -0.745 e. The van der Waals surface area contributed by atoms with Gasteiger partial charge in [0.2, 0.25) is 0 Å². The van der Waals surface area contributed by atoms with Crippen LogP contribution in [0.3, 0.4) is 0 Å². The summed E-state index contributed by atoms with van der Waals surface area (Å²) in [5.41, 5.74) is 0. The smallest absolute Gasteiger partial charge is 0.745 e. The SMILES string of the molecule is CCCCCCCCCCCCCCCCCC(F)(CCCCCCC)S(=O)(=O)[O-].[Li+]. The van der Waals surface area contributed by atoms with E-state index in [4.69, 9.17) is 0 Å². The van der Waals surface area contributed by atoms with Crippen molar-refractivity contribution in [1.29, 1.82) is 0 Å². The van der Waals surface area contributed by atoms with E-state index in [0.717, 1.165) is 44.9 Å². The Labute approximate surface area is 206 Å². The zero-order valence-electron chi connectivity index (χ0n) is 21.1. The minimum atomic E-state index is -4.89. The van der Waals surface area contributed by atoms with Crippen molar-refractivity contribution in [3.63, 3.8) is 0 Å². The summed E-state index contributed by atoms with van der Waals surface area (Å²) in [6.45, 7) is 4.35. The molecule has 0 aromatic heterocycles. The summed E-state index contributed by atoms with van der Waals surface area (Å²) in [6.07, 6.45) is 22.2. The van der Waals surface area contributed by atoms with E-state index in [1.165, 1.54) is 70.6 Å². The Kier molecular flexibility index (Phi) is 24.1. The number of alkyl halides is 1. The van der Waals surface area contributed by atoms with Crippen LogP contribution in [0, 0.1) is 0 Å². The van der Waals surface area contributed by atoms with Crippen molar-refractivity contribution >= 4 is 10.1 Å². The van der Waals surface area contributed by atoms with E-state index in [-0.39, 0.29) is 31.7 Å². The molecule has 0 saturated heterocycles. The van der Waals surface area contributed by atoms with Gasteiger partial charge in [0, 0.05) is 0 Å². The van der Waals surface area contributed by atoms with E-state index in [9.17, 15) is 17.4 Å². The predicted octanol–water partition coefficient (Wildman–Crippen LogP) is 5.82. The third-order valence-electron chi connectivity index (χ3n) is 6.26. The van der Waals surface area contributed by atoms with Crippen LogP contribution in [0.15, 0.2) is 0 Å². The van der Waals surface area contributed by atoms with Crippen LogP contribution in [0.5, 0.6) is 0 Å². The first-order valence-corrected chi connectivity index (χ1v) is 14.4. The van der Waals surface area contributed by atoms with E-state index in [2.05, 4.69) is 13.8 Å². The Hall–Kier alpha value is 0.437. The van der Waals surface area contributed by atoms with Gasteiger partial charge in [0.05, 0.1) is 0 Å². The molecule has 0 fully saturated rings. The summed E-state index contributed by atoms with van der Waals surface area (Å²) in [5, 5.41) is -2.56. The Morgan fingerprint density at radius 1 is 0.548 bits per heavy atom. The maximum Gasteiger partial charge on any atom is 1.00 e. The van der Waals surface area contributed by atoms with Gasteiger partial charge in [0.1, 0.15) is 10.1 Å². The first-order chi connectivity index (χ1) is 14.4. The number of halogens is 1. The molecule has 0 amide bonds. The average Bonchev–Trinajstić information content (AvgIpc) is 2.70. The first kappa shape index (κ1) is 33.6. The first-order valence-electron chi connectivity index (χ1n) is 13.0. The van der Waals surface area contributed by atoms with Crippen LogP contribution in [-0.4, -0.2) is 18.0 Å². The topological polar surface area (TPSA) is 57.2 Å². The Morgan fingerprint density at radius 2 is 0.774 bits per heavy atom. The summed E-state index contributed by atoms with van der Waals surface area (Å²) in [4.78, 5) is 0. The van der Waals surface area contributed by atoms with Gasteiger partial charge in [0.15, 0.2) is 5.00 Å². The van der Waals surface area contributed by atoms with Crippen molar-refractivity contribution in [2.75, 3.05) is 0 Å². The molecule has 0 aliphatic rings. The quantitative estimate of drug-likeness (QED) is 0.111. The predicted molar refractivity (Wildman–Crippen MR) is 126 cm³/mol. The van der Waals surface area contributed by atoms with Crippen LogP contribution in [-0.2, 0) is 10.1 Å². The van der Waals surface area contributed by atoms with Crippen LogP contribution in [0.4, 0.5) is 4.39 Å². The van der Waals surface area contributed by atoms with Crippen molar-refractivity contribution in [1.82, 2.24) is 0 Å². The molecule has 0 aromatic carbocycles. The summed E-state index contributed by atoms with van der Waals surface area (Å²) in [5.74, 6) is 0. The standard InChI is InChI=1S/C25H51FO3S.Li/c1-3-5-7-9-10-11-12-13-14-15-16-17-18-20-22-24-25(26,30(27,28)29)23-21-19-8-6-4-2;/h3-24H2,1-2H3,(H,27,28,29);/q;+1/p-1. The van der Waals surface area contributed by atoms with Crippen LogP contribution in [0.25, 0.3) is 0 Å². The molecule has 0 radical (unpaired) electrons. The fraction of sp³-hybridized carbons (Fsp3) is 1.00. The molecule has 31 heavy (non-hydrogen) atoms. The van der Waals surface area contributed by atoms with Gasteiger partial charge in [-0.3, -0.25) is 0 Å². The van der Waals surface area contributed by atoms with E-state index in [0.29, 0.717) is 12.8 Å². The van der Waals surface area contributed by atoms with E-state index in [1.807, 2.05) is 0 Å². The monoisotopic (exact) mass is 456 g/mol. The maximum absolute atomic E-state index is 14.8. The molecule has 3 nitrogen and oxygen atoms in total. The van der Waals surface area contributed by atoms with Crippen LogP contribution >= 0.6 is 0 Å². The summed E-state index contributed by atoms with van der Waals surface area (Å²) >= 11 is 0. The number of unbranched alkanes of at least 4 members (excludes halogenated alkanes) is 18. The van der Waals surface area contributed by atoms with Gasteiger partial charge < -0.3 is 4.55 Å². The van der Waals surface area contributed by atoms with Gasteiger partial charge in [-0.15, -0.1) is 0 Å². The second kappa shape index (κ2) is 22.2. The average molecular weight is 457 g/mol. The van der Waals surface area contributed by atoms with Crippen molar-refractivity contribution < 1.29 is 36.2 Å². The third kappa shape index (κ3) is 19.6. The maximum atomic E-state index is 14.8. The second-order valence-electron chi connectivity index (χ2n) is 9.20. The largest absolute Gasteiger partial charge is 1.00 e. The second-order valence-corrected chi connectivity index (χ2v) is 10.8. The van der Waals surface area contributed by atoms with E-state index >= 15 is 0 Å². The molecular weight excluding hydrogens is 406 g/mol. The molecule has 0 heterocycles. The van der Waals surface area contributed by atoms with Gasteiger partial charge in [-0.05, 0) is 25.7 Å². The molecule has 0 spiro atoms. The molecule has 1 unspecified atom stereocenters. The minimum absolute atomic E-state index is 0. The van der Waals surface area contributed by atoms with Crippen molar-refractivity contribution in [2.45, 2.75) is 160 Å². The van der Waals surface area contributed by atoms with Crippen molar-refractivity contribution in [3.8, 4) is 0 Å². The molecule has 0 aliphatic heterocycles. The number of hydrogen-bond donors (Lipinski definition) is 0. The van der Waals surface area contributed by atoms with Gasteiger partial charge >= 0.3 is 18.9 Å². The molecule has 0 saturated carbocycles. The molecule has 1 atom stereocenters. The molecule has 0 bridgehead atoms. The van der Waals surface area contributed by atoms with Gasteiger partial charge in [0.25, 0.3) is 0 Å². The normalized spacial score (nSPS) is 13.7. The molecule has 0 aromatic rings. The fourth-order valence-corrected chi connectivity index (χ4v) is 4.92. The molecule has 0 aliphatic carbocycles. The summed E-state index contributed by atoms with van der Waals surface area (Å²) in [6, 6.07) is 0. The fourth-order valence-electron chi connectivity index (χ4n) is 4.13.